The van der Waals surface area contributed by atoms with Gasteiger partial charge in [-0.25, -0.2) is 14.8 Å². The van der Waals surface area contributed by atoms with Gasteiger partial charge in [0.2, 0.25) is 5.88 Å². The highest BCUT2D eigenvalue weighted by atomic mass is 16.5. The van der Waals surface area contributed by atoms with Gasteiger partial charge in [-0.15, -0.1) is 0 Å². The molecule has 2 heterocycles. The van der Waals surface area contributed by atoms with Crippen molar-refractivity contribution < 1.29 is 19.4 Å². The lowest BCUT2D eigenvalue weighted by Crippen LogP contribution is -2.62. The van der Waals surface area contributed by atoms with Gasteiger partial charge in [0.1, 0.15) is 24.4 Å². The zero-order valence-corrected chi connectivity index (χ0v) is 11.2. The summed E-state index contributed by atoms with van der Waals surface area (Å²) in [6, 6.07) is 0. The van der Waals surface area contributed by atoms with Crippen LogP contribution in [-0.4, -0.2) is 53.5 Å². The fourth-order valence-corrected chi connectivity index (χ4v) is 2.19. The maximum absolute atomic E-state index is 10.5. The van der Waals surface area contributed by atoms with E-state index in [1.165, 1.54) is 6.33 Å². The largest absolute Gasteiger partial charge is 0.481 e. The van der Waals surface area contributed by atoms with Crippen molar-refractivity contribution in [2.75, 3.05) is 31.7 Å². The lowest BCUT2D eigenvalue weighted by atomic mass is 9.96. The predicted molar refractivity (Wildman–Crippen MR) is 67.5 cm³/mol. The predicted octanol–water partition coefficient (Wildman–Crippen LogP) is 0.474. The second-order valence-electron chi connectivity index (χ2n) is 4.82. The maximum Gasteiger partial charge on any atom is 0.329 e. The van der Waals surface area contributed by atoms with E-state index in [0.29, 0.717) is 19.0 Å². The van der Waals surface area contributed by atoms with Crippen LogP contribution in [0.2, 0.25) is 0 Å². The van der Waals surface area contributed by atoms with Crippen LogP contribution in [-0.2, 0) is 9.53 Å². The molecule has 19 heavy (non-hydrogen) atoms. The number of hydrogen-bond acceptors (Lipinski definition) is 6. The van der Waals surface area contributed by atoms with Gasteiger partial charge < -0.3 is 19.5 Å². The van der Waals surface area contributed by atoms with Crippen molar-refractivity contribution in [1.29, 1.82) is 0 Å². The summed E-state index contributed by atoms with van der Waals surface area (Å²) >= 11 is 0. The molecule has 1 fully saturated rings. The Morgan fingerprint density at radius 1 is 1.53 bits per heavy atom. The maximum atomic E-state index is 10.5. The Morgan fingerprint density at radius 2 is 2.21 bits per heavy atom. The zero-order valence-electron chi connectivity index (χ0n) is 11.2. The first-order chi connectivity index (χ1) is 8.95. The monoisotopic (exact) mass is 267 g/mol. The van der Waals surface area contributed by atoms with Crippen molar-refractivity contribution in [3.05, 3.63) is 11.9 Å². The molecule has 0 aliphatic carbocycles. The second-order valence-corrected chi connectivity index (χ2v) is 4.82. The molecule has 1 aromatic rings. The van der Waals surface area contributed by atoms with Gasteiger partial charge in [-0.05, 0) is 13.8 Å². The van der Waals surface area contributed by atoms with E-state index in [2.05, 4.69) is 9.97 Å². The summed E-state index contributed by atoms with van der Waals surface area (Å²) in [6.07, 6.45) is 1.45. The van der Waals surface area contributed by atoms with Crippen LogP contribution in [0, 0.1) is 6.92 Å². The molecule has 0 amide bonds. The van der Waals surface area contributed by atoms with Gasteiger partial charge in [0.25, 0.3) is 0 Å². The molecular formula is C12H17N3O4. The summed E-state index contributed by atoms with van der Waals surface area (Å²) in [5, 5.41) is 8.62. The number of carboxylic acid groups (broad SMARTS) is 1. The van der Waals surface area contributed by atoms with Crippen LogP contribution in [0.5, 0.6) is 5.88 Å². The van der Waals surface area contributed by atoms with E-state index < -0.39 is 11.6 Å². The molecule has 0 unspecified atom stereocenters. The molecule has 1 saturated heterocycles. The van der Waals surface area contributed by atoms with E-state index in [1.807, 2.05) is 18.7 Å². The number of ether oxygens (including phenoxy) is 2. The molecule has 2 rings (SSSR count). The van der Waals surface area contributed by atoms with Gasteiger partial charge in [0, 0.05) is 0 Å². The molecule has 0 atom stereocenters. The second kappa shape index (κ2) is 5.00. The van der Waals surface area contributed by atoms with Gasteiger partial charge in [0.05, 0.1) is 25.8 Å². The van der Waals surface area contributed by atoms with E-state index in [1.54, 1.807) is 7.11 Å². The van der Waals surface area contributed by atoms with Crippen molar-refractivity contribution in [3.63, 3.8) is 0 Å². The fourth-order valence-electron chi connectivity index (χ4n) is 2.19. The highest BCUT2D eigenvalue weighted by molar-refractivity contribution is 5.68. The molecule has 1 N–H and O–H groups in total. The number of methoxy groups -OCH3 is 1. The van der Waals surface area contributed by atoms with Crippen LogP contribution >= 0.6 is 0 Å². The summed E-state index contributed by atoms with van der Waals surface area (Å²) in [5.41, 5.74) is 0.425. The van der Waals surface area contributed by atoms with Crippen LogP contribution in [0.3, 0.4) is 0 Å². The van der Waals surface area contributed by atoms with Crippen molar-refractivity contribution in [2.24, 2.45) is 0 Å². The Kier molecular flexibility index (Phi) is 3.57. The van der Waals surface area contributed by atoms with Crippen LogP contribution in [0.4, 0.5) is 5.82 Å². The summed E-state index contributed by atoms with van der Waals surface area (Å²) in [5.74, 6) is 0.382. The molecule has 104 valence electrons. The zero-order chi connectivity index (χ0) is 14.0. The van der Waals surface area contributed by atoms with Gasteiger partial charge in [-0.1, -0.05) is 0 Å². The first kappa shape index (κ1) is 13.5. The van der Waals surface area contributed by atoms with Crippen LogP contribution in [0.15, 0.2) is 6.33 Å². The van der Waals surface area contributed by atoms with E-state index in [4.69, 9.17) is 14.6 Å². The Bertz CT molecular complexity index is 486. The Morgan fingerprint density at radius 3 is 2.79 bits per heavy atom. The van der Waals surface area contributed by atoms with Gasteiger partial charge in [0.15, 0.2) is 0 Å². The minimum absolute atomic E-state index is 0.281. The number of aliphatic carboxylic acids is 1. The molecular weight excluding hydrogens is 250 g/mol. The minimum Gasteiger partial charge on any atom is -0.481 e. The topological polar surface area (TPSA) is 84.8 Å². The first-order valence-corrected chi connectivity index (χ1v) is 5.91. The molecule has 1 aromatic heterocycles. The third kappa shape index (κ3) is 2.76. The van der Waals surface area contributed by atoms with Gasteiger partial charge >= 0.3 is 5.97 Å². The molecule has 0 radical (unpaired) electrons. The minimum atomic E-state index is -0.959. The lowest BCUT2D eigenvalue weighted by molar-refractivity contribution is -0.150. The molecule has 1 aliphatic heterocycles. The molecule has 1 aliphatic rings. The summed E-state index contributed by atoms with van der Waals surface area (Å²) < 4.78 is 10.5. The number of anilines is 1. The smallest absolute Gasteiger partial charge is 0.329 e. The number of nitrogens with zero attached hydrogens (tertiary/aromatic N) is 3. The Hall–Kier alpha value is -1.89. The Labute approximate surface area is 111 Å². The van der Waals surface area contributed by atoms with Crippen LogP contribution < -0.4 is 9.64 Å². The normalized spacial score (nSPS) is 16.9. The van der Waals surface area contributed by atoms with Crippen molar-refractivity contribution in [3.8, 4) is 5.88 Å². The van der Waals surface area contributed by atoms with Crippen LogP contribution in [0.1, 0.15) is 12.5 Å². The summed E-state index contributed by atoms with van der Waals surface area (Å²) in [4.78, 5) is 20.8. The highest BCUT2D eigenvalue weighted by Crippen LogP contribution is 2.32. The van der Waals surface area contributed by atoms with Gasteiger partial charge in [-0.2, -0.15) is 0 Å². The number of carbonyl (C=O) groups is 1. The van der Waals surface area contributed by atoms with E-state index >= 15 is 0 Å². The van der Waals surface area contributed by atoms with Gasteiger partial charge in [-0.3, -0.25) is 0 Å². The van der Waals surface area contributed by atoms with Crippen molar-refractivity contribution in [2.45, 2.75) is 19.4 Å². The number of rotatable bonds is 5. The van der Waals surface area contributed by atoms with E-state index in [9.17, 15) is 4.79 Å². The lowest BCUT2D eigenvalue weighted by Gasteiger charge is -2.48. The molecule has 7 heteroatoms. The number of hydrogen-bond donors (Lipinski definition) is 1. The average molecular weight is 267 g/mol. The highest BCUT2D eigenvalue weighted by Gasteiger charge is 2.41. The summed E-state index contributed by atoms with van der Waals surface area (Å²) in [7, 11) is 1.56. The standard InChI is InChI=1S/C12H17N3O4/c1-8-10(13-7-14-11(8)18-3)15-5-12(2,6-15)19-4-9(16)17/h7H,4-6H2,1-3H3,(H,16,17). The molecule has 0 saturated carbocycles. The Balaban J connectivity index is 2.02. The van der Waals surface area contributed by atoms with E-state index in [0.717, 1.165) is 11.4 Å². The molecule has 7 nitrogen and oxygen atoms in total. The van der Waals surface area contributed by atoms with Crippen molar-refractivity contribution >= 4 is 11.8 Å². The third-order valence-electron chi connectivity index (χ3n) is 3.10. The number of aromatic nitrogens is 2. The fraction of sp³-hybridized carbons (Fsp3) is 0.583. The SMILES string of the molecule is COc1ncnc(N2CC(C)(OCC(=O)O)C2)c1C. The van der Waals surface area contributed by atoms with Crippen molar-refractivity contribution in [1.82, 2.24) is 9.97 Å². The first-order valence-electron chi connectivity index (χ1n) is 5.91. The third-order valence-corrected chi connectivity index (χ3v) is 3.10. The molecule has 0 bridgehead atoms. The average Bonchev–Trinajstić information content (AvgIpc) is 2.33. The summed E-state index contributed by atoms with van der Waals surface area (Å²) in [6.45, 7) is 4.70. The van der Waals surface area contributed by atoms with E-state index in [-0.39, 0.29) is 6.61 Å². The molecule has 0 aromatic carbocycles. The quantitative estimate of drug-likeness (QED) is 0.830. The molecule has 0 spiro atoms. The number of carboxylic acids is 1. The van der Waals surface area contributed by atoms with Crippen LogP contribution in [0.25, 0.3) is 0 Å².